The minimum Gasteiger partial charge on any atom is -0.353 e. The highest BCUT2D eigenvalue weighted by Crippen LogP contribution is 2.38. The predicted molar refractivity (Wildman–Crippen MR) is 106 cm³/mol. The minimum absolute atomic E-state index is 0.557. The van der Waals surface area contributed by atoms with Crippen LogP contribution in [0.3, 0.4) is 0 Å². The number of aryl methyl sites for hydroxylation is 1. The first kappa shape index (κ1) is 16.7. The molecule has 2 aliphatic rings. The van der Waals surface area contributed by atoms with E-state index in [2.05, 4.69) is 57.3 Å². The van der Waals surface area contributed by atoms with E-state index in [4.69, 9.17) is 5.10 Å². The predicted octanol–water partition coefficient (Wildman–Crippen LogP) is 2.67. The maximum atomic E-state index is 4.85. The zero-order valence-corrected chi connectivity index (χ0v) is 15.9. The van der Waals surface area contributed by atoms with Crippen LogP contribution in [0.15, 0.2) is 36.4 Å². The molecule has 27 heavy (non-hydrogen) atoms. The third-order valence-corrected chi connectivity index (χ3v) is 5.71. The lowest BCUT2D eigenvalue weighted by atomic mass is 10.1. The summed E-state index contributed by atoms with van der Waals surface area (Å²) in [7, 11) is 0. The Labute approximate surface area is 159 Å². The monoisotopic (exact) mass is 362 g/mol. The second-order valence-electron chi connectivity index (χ2n) is 7.86. The fourth-order valence-corrected chi connectivity index (χ4v) is 3.92. The van der Waals surface area contributed by atoms with Gasteiger partial charge in [-0.05, 0) is 43.9 Å². The number of piperazine rings is 1. The molecule has 140 valence electrons. The second kappa shape index (κ2) is 6.93. The number of aromatic nitrogens is 4. The summed E-state index contributed by atoms with van der Waals surface area (Å²) in [6.45, 7) is 7.50. The third kappa shape index (κ3) is 3.54. The summed E-state index contributed by atoms with van der Waals surface area (Å²) < 4.78 is 1.96. The maximum absolute atomic E-state index is 4.85. The summed E-state index contributed by atoms with van der Waals surface area (Å²) in [5.41, 5.74) is 3.64. The van der Waals surface area contributed by atoms with Gasteiger partial charge in [0.2, 0.25) is 0 Å². The van der Waals surface area contributed by atoms with Gasteiger partial charge in [-0.2, -0.15) is 4.52 Å². The second-order valence-corrected chi connectivity index (χ2v) is 7.86. The van der Waals surface area contributed by atoms with Gasteiger partial charge in [0.1, 0.15) is 5.82 Å². The summed E-state index contributed by atoms with van der Waals surface area (Å²) in [5, 5.41) is 13.4. The Balaban J connectivity index is 1.21. The van der Waals surface area contributed by atoms with Crippen LogP contribution < -0.4 is 4.90 Å². The lowest BCUT2D eigenvalue weighted by molar-refractivity contribution is 0.260. The number of anilines is 1. The van der Waals surface area contributed by atoms with Crippen molar-refractivity contribution in [2.75, 3.05) is 37.6 Å². The van der Waals surface area contributed by atoms with Gasteiger partial charge in [0.15, 0.2) is 11.5 Å². The van der Waals surface area contributed by atoms with Crippen molar-refractivity contribution in [3.8, 4) is 0 Å². The number of hydrogen-bond donors (Lipinski definition) is 0. The van der Waals surface area contributed by atoms with Crippen molar-refractivity contribution in [2.45, 2.75) is 32.1 Å². The van der Waals surface area contributed by atoms with Crippen LogP contribution in [0, 0.1) is 6.92 Å². The molecule has 0 spiro atoms. The topological polar surface area (TPSA) is 49.6 Å². The van der Waals surface area contributed by atoms with Crippen molar-refractivity contribution in [3.63, 3.8) is 0 Å². The molecular formula is C21H26N6. The van der Waals surface area contributed by atoms with E-state index in [0.29, 0.717) is 5.92 Å². The van der Waals surface area contributed by atoms with Gasteiger partial charge in [0.05, 0.1) is 0 Å². The van der Waals surface area contributed by atoms with Gasteiger partial charge in [0.25, 0.3) is 0 Å². The Morgan fingerprint density at radius 2 is 1.85 bits per heavy atom. The van der Waals surface area contributed by atoms with Crippen molar-refractivity contribution in [2.24, 2.45) is 0 Å². The average molecular weight is 362 g/mol. The van der Waals surface area contributed by atoms with Gasteiger partial charge in [-0.25, -0.2) is 0 Å². The zero-order chi connectivity index (χ0) is 18.2. The van der Waals surface area contributed by atoms with E-state index in [-0.39, 0.29) is 0 Å². The number of benzene rings is 1. The molecule has 0 N–H and O–H groups in total. The SMILES string of the molecule is Cc1cccc(CCN2CCN(c3ccc4nnc(C5CC5)n4n3)CC2)c1. The highest BCUT2D eigenvalue weighted by Gasteiger charge is 2.29. The van der Waals surface area contributed by atoms with Gasteiger partial charge in [-0.15, -0.1) is 15.3 Å². The van der Waals surface area contributed by atoms with Crippen LogP contribution in [-0.4, -0.2) is 57.4 Å². The fourth-order valence-electron chi connectivity index (χ4n) is 3.92. The summed E-state index contributed by atoms with van der Waals surface area (Å²) in [6, 6.07) is 13.0. The largest absolute Gasteiger partial charge is 0.353 e. The van der Waals surface area contributed by atoms with E-state index in [1.807, 2.05) is 10.6 Å². The average Bonchev–Trinajstić information content (AvgIpc) is 3.45. The van der Waals surface area contributed by atoms with Crippen molar-refractivity contribution >= 4 is 11.5 Å². The lowest BCUT2D eigenvalue weighted by Crippen LogP contribution is -2.47. The number of rotatable bonds is 5. The number of fused-ring (bicyclic) bond motifs is 1. The van der Waals surface area contributed by atoms with Crippen molar-refractivity contribution < 1.29 is 0 Å². The van der Waals surface area contributed by atoms with Crippen LogP contribution in [0.1, 0.15) is 35.7 Å². The van der Waals surface area contributed by atoms with Crippen LogP contribution >= 0.6 is 0 Å². The molecule has 1 saturated heterocycles. The van der Waals surface area contributed by atoms with Crippen molar-refractivity contribution in [1.82, 2.24) is 24.7 Å². The molecule has 2 aromatic heterocycles. The van der Waals surface area contributed by atoms with Gasteiger partial charge in [-0.1, -0.05) is 29.8 Å². The van der Waals surface area contributed by atoms with Crippen molar-refractivity contribution in [1.29, 1.82) is 0 Å². The molecule has 0 amide bonds. The summed E-state index contributed by atoms with van der Waals surface area (Å²) in [5.74, 6) is 2.63. The van der Waals surface area contributed by atoms with Crippen LogP contribution in [0.5, 0.6) is 0 Å². The quantitative estimate of drug-likeness (QED) is 0.698. The normalized spacial score (nSPS) is 18.3. The van der Waals surface area contributed by atoms with Gasteiger partial charge >= 0.3 is 0 Å². The Bertz CT molecular complexity index is 937. The smallest absolute Gasteiger partial charge is 0.178 e. The molecule has 1 aliphatic carbocycles. The molecule has 0 atom stereocenters. The highest BCUT2D eigenvalue weighted by atomic mass is 15.4. The van der Waals surface area contributed by atoms with Gasteiger partial charge < -0.3 is 4.90 Å². The van der Waals surface area contributed by atoms with Gasteiger partial charge in [-0.3, -0.25) is 4.90 Å². The molecule has 1 saturated carbocycles. The first-order valence-corrected chi connectivity index (χ1v) is 10.0. The molecule has 3 heterocycles. The molecule has 6 nitrogen and oxygen atoms in total. The molecule has 5 rings (SSSR count). The van der Waals surface area contributed by atoms with E-state index in [1.165, 1.54) is 24.0 Å². The van der Waals surface area contributed by atoms with Crippen LogP contribution in [-0.2, 0) is 6.42 Å². The molecule has 0 radical (unpaired) electrons. The van der Waals surface area contributed by atoms with E-state index in [9.17, 15) is 0 Å². The molecule has 3 aromatic rings. The Morgan fingerprint density at radius 1 is 1.00 bits per heavy atom. The van der Waals surface area contributed by atoms with E-state index < -0.39 is 0 Å². The van der Waals surface area contributed by atoms with Gasteiger partial charge in [0, 0.05) is 38.6 Å². The van der Waals surface area contributed by atoms with E-state index >= 15 is 0 Å². The highest BCUT2D eigenvalue weighted by molar-refractivity contribution is 5.46. The Kier molecular flexibility index (Phi) is 4.28. The molecule has 2 fully saturated rings. The summed E-state index contributed by atoms with van der Waals surface area (Å²) in [4.78, 5) is 4.95. The Morgan fingerprint density at radius 3 is 2.63 bits per heavy atom. The Hall–Kier alpha value is -2.47. The fraction of sp³-hybridized carbons (Fsp3) is 0.476. The molecule has 1 aliphatic heterocycles. The van der Waals surface area contributed by atoms with Crippen LogP contribution in [0.25, 0.3) is 5.65 Å². The molecule has 6 heteroatoms. The standard InChI is InChI=1S/C21H26N6/c1-16-3-2-4-17(15-16)9-10-25-11-13-26(14-12-25)20-8-7-19-22-23-21(18-5-6-18)27(19)24-20/h2-4,7-8,15,18H,5-6,9-14H2,1H3. The van der Waals surface area contributed by atoms with Crippen LogP contribution in [0.2, 0.25) is 0 Å². The molecule has 0 bridgehead atoms. The van der Waals surface area contributed by atoms with E-state index in [0.717, 1.165) is 56.4 Å². The molecule has 0 unspecified atom stereocenters. The van der Waals surface area contributed by atoms with E-state index in [1.54, 1.807) is 0 Å². The first-order chi connectivity index (χ1) is 13.3. The third-order valence-electron chi connectivity index (χ3n) is 5.71. The summed E-state index contributed by atoms with van der Waals surface area (Å²) in [6.07, 6.45) is 3.55. The first-order valence-electron chi connectivity index (χ1n) is 10.0. The minimum atomic E-state index is 0.557. The zero-order valence-electron chi connectivity index (χ0n) is 15.9. The number of nitrogens with zero attached hydrogens (tertiary/aromatic N) is 6. The maximum Gasteiger partial charge on any atom is 0.178 e. The molecular weight excluding hydrogens is 336 g/mol. The molecule has 1 aromatic carbocycles. The van der Waals surface area contributed by atoms with Crippen molar-refractivity contribution in [3.05, 3.63) is 53.3 Å². The number of hydrogen-bond acceptors (Lipinski definition) is 5. The van der Waals surface area contributed by atoms with Crippen LogP contribution in [0.4, 0.5) is 5.82 Å². The summed E-state index contributed by atoms with van der Waals surface area (Å²) >= 11 is 0. The lowest BCUT2D eigenvalue weighted by Gasteiger charge is -2.35.